The maximum Gasteiger partial charge on any atom is 0.309 e. The summed E-state index contributed by atoms with van der Waals surface area (Å²) in [5.74, 6) is -1.43. The number of unbranched alkanes of at least 4 members (excludes halogenated alkanes) is 1. The molecule has 1 saturated heterocycles. The molecule has 4 nitrogen and oxygen atoms in total. The highest BCUT2D eigenvalue weighted by molar-refractivity contribution is 5.71. The fourth-order valence-electron chi connectivity index (χ4n) is 2.91. The summed E-state index contributed by atoms with van der Waals surface area (Å²) in [5, 5.41) is 19.9. The quantitative estimate of drug-likeness (QED) is 0.739. The minimum Gasteiger partial charge on any atom is -0.481 e. The maximum atomic E-state index is 11.3. The highest BCUT2D eigenvalue weighted by Crippen LogP contribution is 2.38. The summed E-state index contributed by atoms with van der Waals surface area (Å²) in [4.78, 5) is 13.6. The second kappa shape index (κ2) is 4.94. The third-order valence-corrected chi connectivity index (χ3v) is 4.17. The first kappa shape index (κ1) is 12.8. The lowest BCUT2D eigenvalue weighted by Gasteiger charge is -2.30. The van der Waals surface area contributed by atoms with Crippen molar-refractivity contribution in [3.63, 3.8) is 0 Å². The van der Waals surface area contributed by atoms with Crippen molar-refractivity contribution in [3.05, 3.63) is 0 Å². The van der Waals surface area contributed by atoms with Gasteiger partial charge >= 0.3 is 5.97 Å². The molecule has 2 unspecified atom stereocenters. The molecule has 0 radical (unpaired) electrons. The minimum atomic E-state index is -0.996. The van der Waals surface area contributed by atoms with Crippen molar-refractivity contribution in [2.24, 2.45) is 5.92 Å². The van der Waals surface area contributed by atoms with Crippen LogP contribution in [0.25, 0.3) is 0 Å². The fraction of sp³-hybridized carbons (Fsp3) is 0.923. The number of aliphatic carboxylic acids is 1. The van der Waals surface area contributed by atoms with Gasteiger partial charge in [-0.3, -0.25) is 9.69 Å². The molecule has 1 aliphatic heterocycles. The molecule has 2 N–H and O–H groups in total. The van der Waals surface area contributed by atoms with Crippen LogP contribution < -0.4 is 0 Å². The Kier molecular flexibility index (Phi) is 3.73. The Morgan fingerprint density at radius 1 is 1.53 bits per heavy atom. The van der Waals surface area contributed by atoms with E-state index in [-0.39, 0.29) is 0 Å². The number of β-amino-alcohol motifs (C(OH)–C–C–N with tert-alkyl or cyclic N) is 1. The van der Waals surface area contributed by atoms with Crippen molar-refractivity contribution < 1.29 is 15.0 Å². The second-order valence-corrected chi connectivity index (χ2v) is 5.59. The van der Waals surface area contributed by atoms with E-state index in [1.807, 2.05) is 6.92 Å². The van der Waals surface area contributed by atoms with E-state index in [1.165, 1.54) is 12.8 Å². The van der Waals surface area contributed by atoms with Crippen LogP contribution in [0.15, 0.2) is 0 Å². The summed E-state index contributed by atoms with van der Waals surface area (Å²) in [6, 6.07) is 0.615. The van der Waals surface area contributed by atoms with E-state index in [0.29, 0.717) is 25.4 Å². The molecule has 0 spiro atoms. The summed E-state index contributed by atoms with van der Waals surface area (Å²) >= 11 is 0. The Bertz CT molecular complexity index is 290. The highest BCUT2D eigenvalue weighted by Gasteiger charge is 2.48. The summed E-state index contributed by atoms with van der Waals surface area (Å²) in [6.45, 7) is 3.46. The molecule has 1 aliphatic carbocycles. The number of carboxylic acids is 1. The van der Waals surface area contributed by atoms with E-state index in [2.05, 4.69) is 4.90 Å². The predicted octanol–water partition coefficient (Wildman–Crippen LogP) is 1.48. The standard InChI is InChI=1S/C13H23NO3/c1-2-3-4-11(12(15)16)13(17)7-8-14(9-13)10-5-6-10/h10-11,17H,2-9H2,1H3,(H,15,16). The van der Waals surface area contributed by atoms with E-state index in [4.69, 9.17) is 0 Å². The Morgan fingerprint density at radius 2 is 2.24 bits per heavy atom. The van der Waals surface area contributed by atoms with E-state index in [0.717, 1.165) is 19.4 Å². The van der Waals surface area contributed by atoms with Crippen LogP contribution in [0.2, 0.25) is 0 Å². The number of rotatable bonds is 6. The van der Waals surface area contributed by atoms with E-state index in [9.17, 15) is 15.0 Å². The molecular formula is C13H23NO3. The number of aliphatic hydroxyl groups is 1. The second-order valence-electron chi connectivity index (χ2n) is 5.59. The number of carbonyl (C=O) groups is 1. The maximum absolute atomic E-state index is 11.3. The number of hydrogen-bond acceptors (Lipinski definition) is 3. The zero-order chi connectivity index (χ0) is 12.5. The van der Waals surface area contributed by atoms with Gasteiger partial charge < -0.3 is 10.2 Å². The van der Waals surface area contributed by atoms with Crippen molar-refractivity contribution in [1.82, 2.24) is 4.90 Å². The topological polar surface area (TPSA) is 60.8 Å². The normalized spacial score (nSPS) is 31.6. The van der Waals surface area contributed by atoms with Gasteiger partial charge in [-0.2, -0.15) is 0 Å². The molecule has 2 aliphatic rings. The molecule has 4 heteroatoms. The molecule has 0 aromatic rings. The van der Waals surface area contributed by atoms with Gasteiger partial charge in [0.25, 0.3) is 0 Å². The number of carboxylic acid groups (broad SMARTS) is 1. The molecule has 0 aromatic heterocycles. The monoisotopic (exact) mass is 241 g/mol. The molecule has 2 atom stereocenters. The van der Waals surface area contributed by atoms with Crippen molar-refractivity contribution in [3.8, 4) is 0 Å². The highest BCUT2D eigenvalue weighted by atomic mass is 16.4. The van der Waals surface area contributed by atoms with E-state index in [1.54, 1.807) is 0 Å². The lowest BCUT2D eigenvalue weighted by Crippen LogP contribution is -2.45. The Balaban J connectivity index is 1.98. The molecular weight excluding hydrogens is 218 g/mol. The van der Waals surface area contributed by atoms with Gasteiger partial charge in [-0.25, -0.2) is 0 Å². The van der Waals surface area contributed by atoms with Crippen LogP contribution in [0.4, 0.5) is 0 Å². The molecule has 1 heterocycles. The molecule has 0 bridgehead atoms. The van der Waals surface area contributed by atoms with Crippen molar-refractivity contribution in [2.45, 2.75) is 57.1 Å². The molecule has 0 aromatic carbocycles. The van der Waals surface area contributed by atoms with Crippen LogP contribution in [0.1, 0.15) is 45.4 Å². The van der Waals surface area contributed by atoms with Gasteiger partial charge in [0.1, 0.15) is 0 Å². The van der Waals surface area contributed by atoms with Gasteiger partial charge in [-0.15, -0.1) is 0 Å². The van der Waals surface area contributed by atoms with Crippen LogP contribution in [0, 0.1) is 5.92 Å². The number of likely N-dealkylation sites (tertiary alicyclic amines) is 1. The number of nitrogens with zero attached hydrogens (tertiary/aromatic N) is 1. The van der Waals surface area contributed by atoms with Gasteiger partial charge in [0.2, 0.25) is 0 Å². The zero-order valence-corrected chi connectivity index (χ0v) is 10.6. The molecule has 0 amide bonds. The molecule has 2 fully saturated rings. The minimum absolute atomic E-state index is 0.554. The third-order valence-electron chi connectivity index (χ3n) is 4.17. The van der Waals surface area contributed by atoms with Crippen molar-refractivity contribution >= 4 is 5.97 Å². The predicted molar refractivity (Wildman–Crippen MR) is 64.8 cm³/mol. The first-order valence-electron chi connectivity index (χ1n) is 6.76. The number of hydrogen-bond donors (Lipinski definition) is 2. The SMILES string of the molecule is CCCCC(C(=O)O)C1(O)CCN(C2CC2)C1. The third kappa shape index (κ3) is 2.80. The van der Waals surface area contributed by atoms with Gasteiger partial charge in [0, 0.05) is 19.1 Å². The molecule has 17 heavy (non-hydrogen) atoms. The Labute approximate surface area is 103 Å². The first-order valence-corrected chi connectivity index (χ1v) is 6.76. The smallest absolute Gasteiger partial charge is 0.309 e. The van der Waals surface area contributed by atoms with Crippen molar-refractivity contribution in [2.75, 3.05) is 13.1 Å². The summed E-state index contributed by atoms with van der Waals surface area (Å²) in [7, 11) is 0. The molecule has 2 rings (SSSR count). The molecule has 98 valence electrons. The molecule has 1 saturated carbocycles. The Hall–Kier alpha value is -0.610. The summed E-state index contributed by atoms with van der Waals surface area (Å²) in [5.41, 5.74) is -0.996. The van der Waals surface area contributed by atoms with E-state index < -0.39 is 17.5 Å². The summed E-state index contributed by atoms with van der Waals surface area (Å²) in [6.07, 6.45) is 5.49. The van der Waals surface area contributed by atoms with Gasteiger partial charge in [-0.1, -0.05) is 19.8 Å². The van der Waals surface area contributed by atoms with Gasteiger partial charge in [0.05, 0.1) is 11.5 Å². The average Bonchev–Trinajstić information content (AvgIpc) is 3.03. The van der Waals surface area contributed by atoms with Crippen molar-refractivity contribution in [1.29, 1.82) is 0 Å². The lowest BCUT2D eigenvalue weighted by molar-refractivity contribution is -0.152. The van der Waals surface area contributed by atoms with Crippen LogP contribution in [-0.2, 0) is 4.79 Å². The zero-order valence-electron chi connectivity index (χ0n) is 10.6. The fourth-order valence-corrected chi connectivity index (χ4v) is 2.91. The van der Waals surface area contributed by atoms with Gasteiger partial charge in [-0.05, 0) is 25.7 Å². The Morgan fingerprint density at radius 3 is 2.76 bits per heavy atom. The largest absolute Gasteiger partial charge is 0.481 e. The lowest BCUT2D eigenvalue weighted by atomic mass is 9.83. The van der Waals surface area contributed by atoms with Gasteiger partial charge in [0.15, 0.2) is 0 Å². The first-order chi connectivity index (χ1) is 8.07. The van der Waals surface area contributed by atoms with Crippen LogP contribution in [-0.4, -0.2) is 45.8 Å². The van der Waals surface area contributed by atoms with Crippen LogP contribution in [0.5, 0.6) is 0 Å². The van der Waals surface area contributed by atoms with E-state index >= 15 is 0 Å². The van der Waals surface area contributed by atoms with Crippen LogP contribution in [0.3, 0.4) is 0 Å². The summed E-state index contributed by atoms with van der Waals surface area (Å²) < 4.78 is 0. The van der Waals surface area contributed by atoms with Crippen LogP contribution >= 0.6 is 0 Å². The average molecular weight is 241 g/mol.